The van der Waals surface area contributed by atoms with E-state index >= 15 is 0 Å². The van der Waals surface area contributed by atoms with Crippen LogP contribution in [0.1, 0.15) is 90.8 Å². The molecular weight excluding hydrogens is 609 g/mol. The van der Waals surface area contributed by atoms with Crippen LogP contribution in [0.25, 0.3) is 10.4 Å². The molecule has 0 bridgehead atoms. The lowest BCUT2D eigenvalue weighted by atomic mass is 9.86. The third-order valence-electron chi connectivity index (χ3n) is 6.20. The van der Waals surface area contributed by atoms with E-state index in [9.17, 15) is 31.2 Å². The molecule has 43 heavy (non-hydrogen) atoms. The van der Waals surface area contributed by atoms with Crippen LogP contribution in [-0.2, 0) is 25.7 Å². The number of thiazole rings is 1. The first kappa shape index (κ1) is 34.6. The van der Waals surface area contributed by atoms with Gasteiger partial charge in [-0.2, -0.15) is 13.2 Å². The molecule has 0 atom stereocenters. The molecule has 1 aromatic heterocycles. The number of aromatic nitrogens is 1. The molecule has 10 nitrogen and oxygen atoms in total. The van der Waals surface area contributed by atoms with E-state index in [1.165, 1.54) is 12.1 Å². The number of alkyl carbamates (subject to hydrolysis) is 1. The average Bonchev–Trinajstić information content (AvgIpc) is 3.28. The van der Waals surface area contributed by atoms with Gasteiger partial charge in [-0.15, -0.1) is 11.3 Å². The molecule has 1 fully saturated rings. The minimum absolute atomic E-state index is 0.0313. The molecule has 2 amide bonds. The molecule has 15 heteroatoms. The van der Waals surface area contributed by atoms with Crippen molar-refractivity contribution >= 4 is 39.2 Å². The number of carbonyl (C=O) groups is 2. The second kappa shape index (κ2) is 13.4. The molecule has 0 radical (unpaired) electrons. The second-order valence-corrected chi connectivity index (χ2v) is 14.7. The van der Waals surface area contributed by atoms with Crippen molar-refractivity contribution < 1.29 is 40.7 Å². The summed E-state index contributed by atoms with van der Waals surface area (Å²) in [5.74, 6) is -0.307. The molecular formula is C28H39F3N4O6S2. The quantitative estimate of drug-likeness (QED) is 0.280. The van der Waals surface area contributed by atoms with E-state index < -0.39 is 50.6 Å². The molecule has 0 saturated heterocycles. The number of nitrogens with zero attached hydrogens (tertiary/aromatic N) is 1. The number of hydrogen-bond donors (Lipinski definition) is 3. The zero-order chi connectivity index (χ0) is 32.3. The van der Waals surface area contributed by atoms with Crippen LogP contribution < -0.4 is 15.4 Å². The van der Waals surface area contributed by atoms with Crippen LogP contribution in [0.5, 0.6) is 0 Å². The van der Waals surface area contributed by atoms with Crippen LogP contribution >= 0.6 is 11.3 Å². The number of ether oxygens (including phenoxy) is 2. The number of halogens is 3. The summed E-state index contributed by atoms with van der Waals surface area (Å²) in [4.78, 5) is 27.3. The monoisotopic (exact) mass is 648 g/mol. The number of nitrogens with one attached hydrogen (secondary N) is 3. The molecule has 1 saturated carbocycles. The Morgan fingerprint density at radius 1 is 0.977 bits per heavy atom. The molecule has 2 aromatic rings. The van der Waals surface area contributed by atoms with Gasteiger partial charge in [0.1, 0.15) is 0 Å². The highest BCUT2D eigenvalue weighted by Crippen LogP contribution is 2.46. The lowest BCUT2D eigenvalue weighted by Gasteiger charge is -2.28. The summed E-state index contributed by atoms with van der Waals surface area (Å²) in [6.45, 7) is 11.5. The van der Waals surface area contributed by atoms with Crippen molar-refractivity contribution in [3.63, 3.8) is 0 Å². The first-order valence-corrected chi connectivity index (χ1v) is 16.3. The fourth-order valence-electron chi connectivity index (χ4n) is 4.61. The fourth-order valence-corrected chi connectivity index (χ4v) is 7.63. The van der Waals surface area contributed by atoms with Gasteiger partial charge in [-0.1, -0.05) is 6.07 Å². The number of hydrogen-bond acceptors (Lipinski definition) is 8. The summed E-state index contributed by atoms with van der Waals surface area (Å²) >= 11 is 0.799. The first-order valence-electron chi connectivity index (χ1n) is 14.0. The van der Waals surface area contributed by atoms with Crippen LogP contribution in [-0.4, -0.2) is 49.4 Å². The Labute approximate surface area is 254 Å². The minimum atomic E-state index is -4.86. The Hall–Kier alpha value is -2.91. The van der Waals surface area contributed by atoms with Crippen LogP contribution in [0, 0.1) is 0 Å². The van der Waals surface area contributed by atoms with E-state index in [0.717, 1.165) is 17.4 Å². The number of benzene rings is 1. The third kappa shape index (κ3) is 9.80. The molecule has 3 N–H and O–H groups in total. The normalized spacial score (nSPS) is 18.0. The van der Waals surface area contributed by atoms with Crippen LogP contribution in [0.3, 0.4) is 0 Å². The van der Waals surface area contributed by atoms with E-state index in [4.69, 9.17) is 9.47 Å². The Morgan fingerprint density at radius 2 is 1.56 bits per heavy atom. The molecule has 1 aliphatic rings. The van der Waals surface area contributed by atoms with Gasteiger partial charge in [-0.05, 0) is 86.3 Å². The van der Waals surface area contributed by atoms with Crippen LogP contribution in [0.4, 0.5) is 28.4 Å². The van der Waals surface area contributed by atoms with Crippen LogP contribution in [0.15, 0.2) is 23.1 Å². The summed E-state index contributed by atoms with van der Waals surface area (Å²) in [5, 5.41) is 5.46. The molecule has 1 aromatic carbocycles. The van der Waals surface area contributed by atoms with Gasteiger partial charge in [0.2, 0.25) is 10.0 Å². The number of sulfonamides is 1. The molecule has 1 aliphatic carbocycles. The smallest absolute Gasteiger partial charge is 0.434 e. The summed E-state index contributed by atoms with van der Waals surface area (Å²) in [7, 11) is -4.37. The number of carbonyl (C=O) groups excluding carboxylic acids is 2. The van der Waals surface area contributed by atoms with E-state index in [1.54, 1.807) is 48.5 Å². The van der Waals surface area contributed by atoms with E-state index in [0.29, 0.717) is 25.7 Å². The Morgan fingerprint density at radius 3 is 2.09 bits per heavy atom. The number of rotatable bonds is 8. The molecule has 0 spiro atoms. The van der Waals surface area contributed by atoms with Crippen molar-refractivity contribution in [1.29, 1.82) is 0 Å². The fraction of sp³-hybridized carbons (Fsp3) is 0.607. The minimum Gasteiger partial charge on any atom is -0.447 e. The molecule has 240 valence electrons. The second-order valence-electron chi connectivity index (χ2n) is 12.0. The number of amides is 2. The van der Waals surface area contributed by atoms with Gasteiger partial charge in [0, 0.05) is 28.7 Å². The maximum absolute atomic E-state index is 14.3. The standard InChI is InChI=1S/C28H39F3N4O6S2/c1-15(2)40-25(36)32-18-10-8-17(9-11-18)24-34-23(28(29,30)31)22(42-24)20-13-12-19(33-26(37)41-16(3)4)14-21(20)43(38,39)35-27(5,6)7/h12-18,35H,8-11H2,1-7H3,(H,32,36)(H,33,37). The highest BCUT2D eigenvalue weighted by atomic mass is 32.2. The predicted molar refractivity (Wildman–Crippen MR) is 158 cm³/mol. The van der Waals surface area contributed by atoms with Crippen molar-refractivity contribution in [3.8, 4) is 10.4 Å². The molecule has 1 heterocycles. The maximum Gasteiger partial charge on any atom is 0.434 e. The third-order valence-corrected chi connectivity index (χ3v) is 9.25. The molecule has 0 unspecified atom stereocenters. The van der Waals surface area contributed by atoms with E-state index in [1.807, 2.05) is 0 Å². The zero-order valence-electron chi connectivity index (χ0n) is 25.2. The van der Waals surface area contributed by atoms with Gasteiger partial charge in [0.05, 0.1) is 27.0 Å². The first-order chi connectivity index (χ1) is 19.7. The maximum atomic E-state index is 14.3. The van der Waals surface area contributed by atoms with Crippen molar-refractivity contribution in [1.82, 2.24) is 15.0 Å². The van der Waals surface area contributed by atoms with Crippen molar-refractivity contribution in [2.24, 2.45) is 0 Å². The van der Waals surface area contributed by atoms with Crippen molar-refractivity contribution in [2.75, 3.05) is 5.32 Å². The lowest BCUT2D eigenvalue weighted by Crippen LogP contribution is -2.40. The van der Waals surface area contributed by atoms with Gasteiger partial charge in [-0.3, -0.25) is 5.32 Å². The molecule has 0 aliphatic heterocycles. The van der Waals surface area contributed by atoms with Gasteiger partial charge < -0.3 is 14.8 Å². The van der Waals surface area contributed by atoms with Gasteiger partial charge >= 0.3 is 18.4 Å². The Bertz CT molecular complexity index is 1410. The SMILES string of the molecule is CC(C)OC(=O)Nc1ccc(-c2sc(C3CCC(NC(=O)OC(C)C)CC3)nc2C(F)(F)F)c(S(=O)(=O)NC(C)(C)C)c1. The average molecular weight is 649 g/mol. The van der Waals surface area contributed by atoms with E-state index in [2.05, 4.69) is 20.3 Å². The number of alkyl halides is 3. The van der Waals surface area contributed by atoms with Gasteiger partial charge in [0.25, 0.3) is 0 Å². The van der Waals surface area contributed by atoms with Gasteiger partial charge in [0.15, 0.2) is 5.69 Å². The topological polar surface area (TPSA) is 136 Å². The largest absolute Gasteiger partial charge is 0.447 e. The molecule has 3 rings (SSSR count). The highest BCUT2D eigenvalue weighted by molar-refractivity contribution is 7.89. The van der Waals surface area contributed by atoms with Crippen LogP contribution in [0.2, 0.25) is 0 Å². The zero-order valence-corrected chi connectivity index (χ0v) is 26.8. The summed E-state index contributed by atoms with van der Waals surface area (Å²) in [5.41, 5.74) is -2.29. The van der Waals surface area contributed by atoms with E-state index in [-0.39, 0.29) is 39.2 Å². The van der Waals surface area contributed by atoms with Gasteiger partial charge in [-0.25, -0.2) is 27.7 Å². The van der Waals surface area contributed by atoms with Crippen molar-refractivity contribution in [3.05, 3.63) is 28.9 Å². The highest BCUT2D eigenvalue weighted by Gasteiger charge is 2.41. The Kier molecular flexibility index (Phi) is 10.8. The number of anilines is 1. The summed E-state index contributed by atoms with van der Waals surface area (Å²) in [6, 6.07) is 3.49. The predicted octanol–water partition coefficient (Wildman–Crippen LogP) is 7.02. The Balaban J connectivity index is 2.01. The summed E-state index contributed by atoms with van der Waals surface area (Å²) < 4.78 is 82.7. The van der Waals surface area contributed by atoms with Crippen molar-refractivity contribution in [2.45, 2.75) is 115 Å². The lowest BCUT2D eigenvalue weighted by molar-refractivity contribution is -0.140. The summed E-state index contributed by atoms with van der Waals surface area (Å²) in [6.07, 6.45) is -4.96.